The second-order valence-electron chi connectivity index (χ2n) is 5.92. The summed E-state index contributed by atoms with van der Waals surface area (Å²) in [6, 6.07) is 4.21. The van der Waals surface area contributed by atoms with Gasteiger partial charge < -0.3 is 10.1 Å². The number of rotatable bonds is 5. The molecule has 0 bridgehead atoms. The molecule has 1 aromatic rings. The highest BCUT2D eigenvalue weighted by Crippen LogP contribution is 2.49. The maximum Gasteiger partial charge on any atom is 0.0676 e. The van der Waals surface area contributed by atoms with Gasteiger partial charge in [0.15, 0.2) is 0 Å². The second kappa shape index (κ2) is 5.51. The van der Waals surface area contributed by atoms with Crippen LogP contribution in [-0.4, -0.2) is 31.3 Å². The van der Waals surface area contributed by atoms with E-state index >= 15 is 0 Å². The summed E-state index contributed by atoms with van der Waals surface area (Å²) in [5.41, 5.74) is 1.41. The molecule has 2 unspecified atom stereocenters. The molecule has 1 aromatic heterocycles. The van der Waals surface area contributed by atoms with E-state index in [0.717, 1.165) is 36.4 Å². The van der Waals surface area contributed by atoms with Gasteiger partial charge >= 0.3 is 0 Å². The van der Waals surface area contributed by atoms with Gasteiger partial charge in [0.25, 0.3) is 0 Å². The predicted molar refractivity (Wildman–Crippen MR) is 79.1 cm³/mol. The van der Waals surface area contributed by atoms with E-state index in [1.807, 2.05) is 13.2 Å². The Morgan fingerprint density at radius 3 is 2.95 bits per heavy atom. The minimum absolute atomic E-state index is 0.233. The van der Waals surface area contributed by atoms with Crippen LogP contribution < -0.4 is 5.32 Å². The molecule has 1 saturated carbocycles. The number of halogens is 1. The lowest BCUT2D eigenvalue weighted by Crippen LogP contribution is -2.42. The molecule has 2 fully saturated rings. The molecule has 1 aliphatic heterocycles. The normalized spacial score (nSPS) is 30.7. The summed E-state index contributed by atoms with van der Waals surface area (Å²) in [7, 11) is 2.04. The Morgan fingerprint density at radius 2 is 2.32 bits per heavy atom. The Kier molecular flexibility index (Phi) is 3.92. The van der Waals surface area contributed by atoms with Crippen LogP contribution in [0, 0.1) is 11.3 Å². The molecule has 3 rings (SSSR count). The van der Waals surface area contributed by atoms with Crippen LogP contribution in [-0.2, 0) is 11.2 Å². The average molecular weight is 325 g/mol. The van der Waals surface area contributed by atoms with Gasteiger partial charge in [0.2, 0.25) is 0 Å². The van der Waals surface area contributed by atoms with Gasteiger partial charge in [0.1, 0.15) is 0 Å². The lowest BCUT2D eigenvalue weighted by molar-refractivity contribution is 0.0310. The Hall–Kier alpha value is -0.450. The molecule has 1 saturated heterocycles. The molecule has 0 aromatic carbocycles. The number of hydrogen-bond acceptors (Lipinski definition) is 3. The molecule has 2 atom stereocenters. The predicted octanol–water partition coefficient (Wildman–Crippen LogP) is 2.79. The third-order valence-corrected chi connectivity index (χ3v) is 4.87. The highest BCUT2D eigenvalue weighted by molar-refractivity contribution is 9.10. The molecule has 0 spiro atoms. The van der Waals surface area contributed by atoms with Crippen molar-refractivity contribution in [1.82, 2.24) is 10.3 Å². The number of pyridine rings is 1. The van der Waals surface area contributed by atoms with E-state index in [0.29, 0.717) is 6.10 Å². The molecule has 1 N–H and O–H groups in total. The SMILES string of the molecule is CNCC1(Cc2ccc(Br)cn2)CCOC1C1CC1. The molecular weight excluding hydrogens is 304 g/mol. The van der Waals surface area contributed by atoms with E-state index in [1.54, 1.807) is 0 Å². The van der Waals surface area contributed by atoms with E-state index in [2.05, 4.69) is 38.4 Å². The lowest BCUT2D eigenvalue weighted by Gasteiger charge is -2.34. The third kappa shape index (κ3) is 2.86. The van der Waals surface area contributed by atoms with Crippen LogP contribution in [0.4, 0.5) is 0 Å². The number of nitrogens with one attached hydrogen (secondary N) is 1. The highest BCUT2D eigenvalue weighted by atomic mass is 79.9. The van der Waals surface area contributed by atoms with E-state index < -0.39 is 0 Å². The molecule has 0 radical (unpaired) electrons. The summed E-state index contributed by atoms with van der Waals surface area (Å²) in [4.78, 5) is 4.55. The maximum atomic E-state index is 6.06. The summed E-state index contributed by atoms with van der Waals surface area (Å²) >= 11 is 3.45. The third-order valence-electron chi connectivity index (χ3n) is 4.40. The van der Waals surface area contributed by atoms with Crippen LogP contribution in [0.5, 0.6) is 0 Å². The van der Waals surface area contributed by atoms with Gasteiger partial charge in [-0.3, -0.25) is 4.98 Å². The zero-order valence-corrected chi connectivity index (χ0v) is 12.9. The van der Waals surface area contributed by atoms with Crippen molar-refractivity contribution in [3.63, 3.8) is 0 Å². The van der Waals surface area contributed by atoms with Gasteiger partial charge in [-0.15, -0.1) is 0 Å². The van der Waals surface area contributed by atoms with Crippen LogP contribution in [0.15, 0.2) is 22.8 Å². The molecule has 0 amide bonds. The molecular formula is C15H21BrN2O. The molecule has 104 valence electrons. The quantitative estimate of drug-likeness (QED) is 0.904. The Morgan fingerprint density at radius 1 is 1.47 bits per heavy atom. The first-order valence-electron chi connectivity index (χ1n) is 7.10. The summed E-state index contributed by atoms with van der Waals surface area (Å²) in [5.74, 6) is 0.784. The zero-order chi connectivity index (χ0) is 13.3. The van der Waals surface area contributed by atoms with E-state index in [9.17, 15) is 0 Å². The van der Waals surface area contributed by atoms with Crippen molar-refractivity contribution in [1.29, 1.82) is 0 Å². The van der Waals surface area contributed by atoms with Crippen LogP contribution in [0.1, 0.15) is 25.0 Å². The summed E-state index contributed by atoms with van der Waals surface area (Å²) in [6.07, 6.45) is 7.15. The topological polar surface area (TPSA) is 34.2 Å². The first-order chi connectivity index (χ1) is 9.23. The number of nitrogens with zero attached hydrogens (tertiary/aromatic N) is 1. The van der Waals surface area contributed by atoms with Gasteiger partial charge in [0.05, 0.1) is 6.10 Å². The fourth-order valence-corrected chi connectivity index (χ4v) is 3.64. The van der Waals surface area contributed by atoms with Crippen molar-refractivity contribution in [3.8, 4) is 0 Å². The van der Waals surface area contributed by atoms with Crippen LogP contribution in [0.3, 0.4) is 0 Å². The van der Waals surface area contributed by atoms with Crippen LogP contribution >= 0.6 is 15.9 Å². The van der Waals surface area contributed by atoms with E-state index in [-0.39, 0.29) is 5.41 Å². The standard InChI is InChI=1S/C15H21BrN2O/c1-17-10-15(6-7-19-14(15)11-2-3-11)8-13-5-4-12(16)9-18-13/h4-5,9,11,14,17H,2-3,6-8,10H2,1H3. The highest BCUT2D eigenvalue weighted by Gasteiger charge is 2.50. The first-order valence-corrected chi connectivity index (χ1v) is 7.89. The number of ether oxygens (including phenoxy) is 1. The van der Waals surface area contributed by atoms with E-state index in [4.69, 9.17) is 4.74 Å². The van der Waals surface area contributed by atoms with Crippen molar-refractivity contribution in [2.75, 3.05) is 20.2 Å². The summed E-state index contributed by atoms with van der Waals surface area (Å²) in [6.45, 7) is 1.92. The molecule has 2 aliphatic rings. The van der Waals surface area contributed by atoms with Gasteiger partial charge in [-0.05, 0) is 66.7 Å². The maximum absolute atomic E-state index is 6.06. The molecule has 4 heteroatoms. The van der Waals surface area contributed by atoms with Gasteiger partial charge in [0, 0.05) is 34.9 Å². The minimum Gasteiger partial charge on any atom is -0.377 e. The fourth-order valence-electron chi connectivity index (χ4n) is 3.41. The average Bonchev–Trinajstić information content (AvgIpc) is 3.16. The monoisotopic (exact) mass is 324 g/mol. The zero-order valence-electron chi connectivity index (χ0n) is 11.4. The number of aromatic nitrogens is 1. The Balaban J connectivity index is 1.81. The van der Waals surface area contributed by atoms with Crippen LogP contribution in [0.25, 0.3) is 0 Å². The fraction of sp³-hybridized carbons (Fsp3) is 0.667. The smallest absolute Gasteiger partial charge is 0.0676 e. The molecule has 1 aliphatic carbocycles. The Bertz CT molecular complexity index is 432. The minimum atomic E-state index is 0.233. The van der Waals surface area contributed by atoms with E-state index in [1.165, 1.54) is 18.5 Å². The Labute approximate surface area is 123 Å². The summed E-state index contributed by atoms with van der Waals surface area (Å²) in [5, 5.41) is 3.38. The van der Waals surface area contributed by atoms with Crippen molar-refractivity contribution in [3.05, 3.63) is 28.5 Å². The lowest BCUT2D eigenvalue weighted by atomic mass is 9.75. The van der Waals surface area contributed by atoms with Crippen molar-refractivity contribution in [2.24, 2.45) is 11.3 Å². The largest absolute Gasteiger partial charge is 0.377 e. The van der Waals surface area contributed by atoms with Crippen molar-refractivity contribution >= 4 is 15.9 Å². The van der Waals surface area contributed by atoms with Crippen molar-refractivity contribution < 1.29 is 4.74 Å². The summed E-state index contributed by atoms with van der Waals surface area (Å²) < 4.78 is 7.11. The van der Waals surface area contributed by atoms with Crippen LogP contribution in [0.2, 0.25) is 0 Å². The van der Waals surface area contributed by atoms with Crippen molar-refractivity contribution in [2.45, 2.75) is 31.8 Å². The molecule has 2 heterocycles. The molecule has 19 heavy (non-hydrogen) atoms. The molecule has 3 nitrogen and oxygen atoms in total. The first kappa shape index (κ1) is 13.5. The number of hydrogen-bond donors (Lipinski definition) is 1. The van der Waals surface area contributed by atoms with Gasteiger partial charge in [-0.2, -0.15) is 0 Å². The van der Waals surface area contributed by atoms with Gasteiger partial charge in [-0.25, -0.2) is 0 Å². The van der Waals surface area contributed by atoms with Gasteiger partial charge in [-0.1, -0.05) is 0 Å². The second-order valence-corrected chi connectivity index (χ2v) is 6.83.